The third-order valence-electron chi connectivity index (χ3n) is 3.35. The van der Waals surface area contributed by atoms with Crippen LogP contribution in [-0.4, -0.2) is 17.0 Å². The zero-order valence-corrected chi connectivity index (χ0v) is 14.4. The van der Waals surface area contributed by atoms with Crippen molar-refractivity contribution >= 4 is 11.9 Å². The summed E-state index contributed by atoms with van der Waals surface area (Å²) in [6.45, 7) is 3.05. The van der Waals surface area contributed by atoms with Crippen molar-refractivity contribution in [2.45, 2.75) is 26.4 Å². The highest BCUT2D eigenvalue weighted by Gasteiger charge is 2.07. The molecule has 1 amide bonds. The quantitative estimate of drug-likeness (QED) is 0.613. The number of halogens is 1. The van der Waals surface area contributed by atoms with Gasteiger partial charge in [0.2, 0.25) is 5.91 Å². The minimum Gasteiger partial charge on any atom is -1.00 e. The number of carboxylic acids is 1. The van der Waals surface area contributed by atoms with Crippen LogP contribution >= 0.6 is 0 Å². The van der Waals surface area contributed by atoms with Crippen LogP contribution in [0.25, 0.3) is 0 Å². The van der Waals surface area contributed by atoms with Crippen molar-refractivity contribution in [2.75, 3.05) is 0 Å². The number of benzene rings is 1. The van der Waals surface area contributed by atoms with Gasteiger partial charge in [0.1, 0.15) is 0 Å². The van der Waals surface area contributed by atoms with Crippen molar-refractivity contribution in [1.29, 1.82) is 0 Å². The van der Waals surface area contributed by atoms with Gasteiger partial charge in [0.05, 0.1) is 12.0 Å². The maximum Gasteiger partial charge on any atom is 0.335 e. The standard InChI is InChI=1S/C17H18N2O3.BrH/c1-13-6-9-19(10-7-13)11-8-16(20)18-12-14-2-4-15(5-3-14)17(21)22;/h2-7,9-10H,8,11-12H2,1H3,(H-,18,20,21,22);1H. The lowest BCUT2D eigenvalue weighted by atomic mass is 10.1. The second-order valence-electron chi connectivity index (χ2n) is 5.14. The largest absolute Gasteiger partial charge is 1.00 e. The third-order valence-corrected chi connectivity index (χ3v) is 3.35. The zero-order valence-electron chi connectivity index (χ0n) is 12.8. The first-order valence-corrected chi connectivity index (χ1v) is 7.09. The van der Waals surface area contributed by atoms with Crippen LogP contribution in [0.4, 0.5) is 0 Å². The van der Waals surface area contributed by atoms with E-state index in [0.29, 0.717) is 19.5 Å². The SMILES string of the molecule is Cc1cc[n+](CCC(=O)NCc2ccc(C(=O)O)cc2)cc1.[Br-]. The van der Waals surface area contributed by atoms with E-state index in [1.54, 1.807) is 12.1 Å². The number of nitrogens with zero attached hydrogens (tertiary/aromatic N) is 1. The molecule has 2 aromatic rings. The van der Waals surface area contributed by atoms with E-state index < -0.39 is 5.97 Å². The number of hydrogen-bond donors (Lipinski definition) is 2. The van der Waals surface area contributed by atoms with E-state index in [2.05, 4.69) is 5.32 Å². The summed E-state index contributed by atoms with van der Waals surface area (Å²) < 4.78 is 1.97. The Morgan fingerprint density at radius 2 is 1.70 bits per heavy atom. The van der Waals surface area contributed by atoms with Crippen LogP contribution in [0.2, 0.25) is 0 Å². The third kappa shape index (κ3) is 6.20. The number of carboxylic acid groups (broad SMARTS) is 1. The van der Waals surface area contributed by atoms with E-state index in [1.807, 2.05) is 36.0 Å². The maximum atomic E-state index is 11.8. The van der Waals surface area contributed by atoms with Gasteiger partial charge in [-0.2, -0.15) is 0 Å². The summed E-state index contributed by atoms with van der Waals surface area (Å²) in [5.41, 5.74) is 2.30. The zero-order chi connectivity index (χ0) is 15.9. The molecule has 0 radical (unpaired) electrons. The second kappa shape index (κ2) is 9.05. The second-order valence-corrected chi connectivity index (χ2v) is 5.14. The number of aryl methyl sites for hydroxylation is 2. The molecule has 23 heavy (non-hydrogen) atoms. The van der Waals surface area contributed by atoms with Gasteiger partial charge in [-0.3, -0.25) is 4.79 Å². The minimum atomic E-state index is -0.953. The predicted molar refractivity (Wildman–Crippen MR) is 81.2 cm³/mol. The van der Waals surface area contributed by atoms with Crippen molar-refractivity contribution in [3.63, 3.8) is 0 Å². The number of hydrogen-bond acceptors (Lipinski definition) is 2. The van der Waals surface area contributed by atoms with Crippen LogP contribution in [0.5, 0.6) is 0 Å². The Hall–Kier alpha value is -2.21. The Morgan fingerprint density at radius 1 is 1.09 bits per heavy atom. The molecular formula is C17H19BrN2O3. The average molecular weight is 379 g/mol. The highest BCUT2D eigenvalue weighted by molar-refractivity contribution is 5.87. The van der Waals surface area contributed by atoms with E-state index in [-0.39, 0.29) is 28.5 Å². The summed E-state index contributed by atoms with van der Waals surface area (Å²) in [4.78, 5) is 22.6. The fraction of sp³-hybridized carbons (Fsp3) is 0.235. The molecule has 0 spiro atoms. The highest BCUT2D eigenvalue weighted by Crippen LogP contribution is 2.04. The lowest BCUT2D eigenvalue weighted by Crippen LogP contribution is -3.00. The molecule has 0 saturated carbocycles. The van der Waals surface area contributed by atoms with Gasteiger partial charge in [-0.15, -0.1) is 0 Å². The van der Waals surface area contributed by atoms with E-state index in [4.69, 9.17) is 5.11 Å². The fourth-order valence-electron chi connectivity index (χ4n) is 1.97. The molecule has 0 aliphatic carbocycles. The lowest BCUT2D eigenvalue weighted by Gasteiger charge is -2.05. The number of aromatic nitrogens is 1. The molecule has 5 nitrogen and oxygen atoms in total. The van der Waals surface area contributed by atoms with Crippen molar-refractivity contribution < 1.29 is 36.2 Å². The van der Waals surface area contributed by atoms with Crippen molar-refractivity contribution in [3.8, 4) is 0 Å². The first-order valence-electron chi connectivity index (χ1n) is 7.09. The molecule has 0 aliphatic rings. The number of aromatic carboxylic acids is 1. The van der Waals surface area contributed by atoms with Gasteiger partial charge < -0.3 is 27.4 Å². The molecule has 2 N–H and O–H groups in total. The topological polar surface area (TPSA) is 70.3 Å². The van der Waals surface area contributed by atoms with E-state index in [1.165, 1.54) is 17.7 Å². The Labute approximate surface area is 145 Å². The molecule has 1 aromatic heterocycles. The van der Waals surface area contributed by atoms with Gasteiger partial charge in [-0.1, -0.05) is 12.1 Å². The van der Waals surface area contributed by atoms with Crippen LogP contribution in [0.3, 0.4) is 0 Å². The van der Waals surface area contributed by atoms with E-state index in [0.717, 1.165) is 5.56 Å². The van der Waals surface area contributed by atoms with Gasteiger partial charge in [0.25, 0.3) is 0 Å². The van der Waals surface area contributed by atoms with Crippen molar-refractivity contribution in [1.82, 2.24) is 5.32 Å². The van der Waals surface area contributed by atoms with Crippen LogP contribution in [-0.2, 0) is 17.9 Å². The number of nitrogens with one attached hydrogen (secondary N) is 1. The Kier molecular flexibility index (Phi) is 7.41. The normalized spacial score (nSPS) is 9.78. The van der Waals surface area contributed by atoms with Crippen LogP contribution in [0, 0.1) is 6.92 Å². The molecule has 122 valence electrons. The lowest BCUT2D eigenvalue weighted by molar-refractivity contribution is -0.695. The molecule has 0 fully saturated rings. The first kappa shape index (κ1) is 18.8. The summed E-state index contributed by atoms with van der Waals surface area (Å²) >= 11 is 0. The molecule has 0 atom stereocenters. The molecule has 0 aliphatic heterocycles. The van der Waals surface area contributed by atoms with Gasteiger partial charge in [-0.05, 0) is 30.2 Å². The number of amides is 1. The van der Waals surface area contributed by atoms with Crippen LogP contribution < -0.4 is 26.9 Å². The summed E-state index contributed by atoms with van der Waals surface area (Å²) in [5.74, 6) is -0.985. The molecular weight excluding hydrogens is 360 g/mol. The molecule has 2 rings (SSSR count). The van der Waals surface area contributed by atoms with Gasteiger partial charge in [0.15, 0.2) is 18.9 Å². The molecule has 1 aromatic carbocycles. The number of carbonyl (C=O) groups excluding carboxylic acids is 1. The monoisotopic (exact) mass is 378 g/mol. The summed E-state index contributed by atoms with van der Waals surface area (Å²) in [6.07, 6.45) is 4.31. The molecule has 1 heterocycles. The number of carbonyl (C=O) groups is 2. The molecule has 0 saturated heterocycles. The molecule has 0 unspecified atom stereocenters. The Balaban J connectivity index is 0.00000264. The first-order chi connectivity index (χ1) is 10.5. The predicted octanol–water partition coefficient (Wildman–Crippen LogP) is -1.31. The van der Waals surface area contributed by atoms with Gasteiger partial charge in [-0.25, -0.2) is 9.36 Å². The van der Waals surface area contributed by atoms with E-state index in [9.17, 15) is 9.59 Å². The Bertz CT molecular complexity index is 655. The Morgan fingerprint density at radius 3 is 2.26 bits per heavy atom. The fourth-order valence-corrected chi connectivity index (χ4v) is 1.97. The van der Waals surface area contributed by atoms with E-state index >= 15 is 0 Å². The highest BCUT2D eigenvalue weighted by atomic mass is 79.9. The van der Waals surface area contributed by atoms with Crippen molar-refractivity contribution in [2.24, 2.45) is 0 Å². The van der Waals surface area contributed by atoms with Crippen LogP contribution in [0.1, 0.15) is 27.9 Å². The molecule has 0 bridgehead atoms. The van der Waals surface area contributed by atoms with Crippen LogP contribution in [0.15, 0.2) is 48.8 Å². The maximum absolute atomic E-state index is 11.8. The summed E-state index contributed by atoms with van der Waals surface area (Å²) in [6, 6.07) is 10.5. The summed E-state index contributed by atoms with van der Waals surface area (Å²) in [7, 11) is 0. The minimum absolute atomic E-state index is 0. The van der Waals surface area contributed by atoms with Gasteiger partial charge in [0, 0.05) is 18.7 Å². The van der Waals surface area contributed by atoms with Crippen molar-refractivity contribution in [3.05, 3.63) is 65.5 Å². The number of pyridine rings is 1. The smallest absolute Gasteiger partial charge is 0.335 e. The molecule has 6 heteroatoms. The number of rotatable bonds is 6. The summed E-state index contributed by atoms with van der Waals surface area (Å²) in [5, 5.41) is 11.6. The average Bonchev–Trinajstić information content (AvgIpc) is 2.52. The van der Waals surface area contributed by atoms with Gasteiger partial charge >= 0.3 is 5.97 Å².